The van der Waals surface area contributed by atoms with E-state index in [4.69, 9.17) is 9.47 Å². The van der Waals surface area contributed by atoms with Crippen LogP contribution < -0.4 is 10.1 Å². The van der Waals surface area contributed by atoms with Crippen molar-refractivity contribution >= 4 is 0 Å². The van der Waals surface area contributed by atoms with Crippen LogP contribution in [0.15, 0.2) is 18.2 Å². The Bertz CT molecular complexity index is 326. The highest BCUT2D eigenvalue weighted by atomic mass is 16.5. The van der Waals surface area contributed by atoms with Crippen LogP contribution in [-0.4, -0.2) is 32.4 Å². The topological polar surface area (TPSA) is 30.5 Å². The monoisotopic (exact) mass is 221 g/mol. The number of benzene rings is 1. The summed E-state index contributed by atoms with van der Waals surface area (Å²) in [6.07, 6.45) is 0. The summed E-state index contributed by atoms with van der Waals surface area (Å²) < 4.78 is 11.1. The molecule has 1 unspecified atom stereocenters. The first-order valence-corrected chi connectivity index (χ1v) is 5.76. The second kappa shape index (κ2) is 5.32. The summed E-state index contributed by atoms with van der Waals surface area (Å²) in [5, 5.41) is 3.37. The molecule has 1 N–H and O–H groups in total. The zero-order chi connectivity index (χ0) is 11.4. The minimum atomic E-state index is 0.314. The van der Waals surface area contributed by atoms with E-state index < -0.39 is 0 Å². The molecule has 1 saturated heterocycles. The molecule has 0 bridgehead atoms. The van der Waals surface area contributed by atoms with Crippen molar-refractivity contribution in [2.75, 3.05) is 26.4 Å². The number of hydrogen-bond acceptors (Lipinski definition) is 3. The molecule has 1 aliphatic heterocycles. The predicted molar refractivity (Wildman–Crippen MR) is 64.0 cm³/mol. The highest BCUT2D eigenvalue weighted by molar-refractivity contribution is 5.33. The normalized spacial score (nSPS) is 20.8. The predicted octanol–water partition coefficient (Wildman–Crippen LogP) is 1.67. The van der Waals surface area contributed by atoms with Gasteiger partial charge < -0.3 is 14.8 Å². The van der Waals surface area contributed by atoms with Gasteiger partial charge in [0, 0.05) is 6.54 Å². The molecule has 16 heavy (non-hydrogen) atoms. The van der Waals surface area contributed by atoms with Gasteiger partial charge in [-0.25, -0.2) is 0 Å². The summed E-state index contributed by atoms with van der Waals surface area (Å²) in [5.74, 6) is 0.949. The standard InChI is InChI=1S/C13H19NO2/c1-10-5-11(2)7-13(6-10)16-9-12-8-15-4-3-14-12/h5-7,12,14H,3-4,8-9H2,1-2H3. The van der Waals surface area contributed by atoms with Gasteiger partial charge in [-0.2, -0.15) is 0 Å². The van der Waals surface area contributed by atoms with Crippen LogP contribution >= 0.6 is 0 Å². The van der Waals surface area contributed by atoms with Crippen molar-refractivity contribution in [3.05, 3.63) is 29.3 Å². The van der Waals surface area contributed by atoms with Crippen molar-refractivity contribution in [1.82, 2.24) is 5.32 Å². The molecule has 1 aromatic rings. The van der Waals surface area contributed by atoms with E-state index >= 15 is 0 Å². The average Bonchev–Trinajstić information content (AvgIpc) is 2.27. The molecule has 0 saturated carbocycles. The molecule has 1 atom stereocenters. The zero-order valence-electron chi connectivity index (χ0n) is 9.95. The molecule has 1 aromatic carbocycles. The van der Waals surface area contributed by atoms with Gasteiger partial charge in [0.15, 0.2) is 0 Å². The third-order valence-electron chi connectivity index (χ3n) is 2.64. The Kier molecular flexibility index (Phi) is 3.80. The Morgan fingerprint density at radius 3 is 2.69 bits per heavy atom. The second-order valence-corrected chi connectivity index (χ2v) is 4.36. The molecule has 3 heteroatoms. The van der Waals surface area contributed by atoms with Crippen LogP contribution in [0, 0.1) is 13.8 Å². The highest BCUT2D eigenvalue weighted by Crippen LogP contribution is 2.16. The molecule has 0 aliphatic carbocycles. The lowest BCUT2D eigenvalue weighted by Crippen LogP contribution is -2.44. The average molecular weight is 221 g/mol. The Balaban J connectivity index is 1.88. The maximum absolute atomic E-state index is 5.76. The van der Waals surface area contributed by atoms with Gasteiger partial charge in [0.25, 0.3) is 0 Å². The molecule has 1 aliphatic rings. The van der Waals surface area contributed by atoms with E-state index in [1.54, 1.807) is 0 Å². The Morgan fingerprint density at radius 2 is 2.06 bits per heavy atom. The van der Waals surface area contributed by atoms with Gasteiger partial charge in [-0.1, -0.05) is 6.07 Å². The van der Waals surface area contributed by atoms with E-state index in [0.717, 1.165) is 25.5 Å². The number of nitrogens with one attached hydrogen (secondary N) is 1. The SMILES string of the molecule is Cc1cc(C)cc(OCC2COCCN2)c1. The van der Waals surface area contributed by atoms with E-state index in [-0.39, 0.29) is 0 Å². The summed E-state index contributed by atoms with van der Waals surface area (Å²) >= 11 is 0. The van der Waals surface area contributed by atoms with Gasteiger partial charge in [0.1, 0.15) is 12.4 Å². The fourth-order valence-electron chi connectivity index (χ4n) is 1.94. The van der Waals surface area contributed by atoms with Crippen LogP contribution in [0.1, 0.15) is 11.1 Å². The first-order valence-electron chi connectivity index (χ1n) is 5.76. The van der Waals surface area contributed by atoms with Crippen molar-refractivity contribution < 1.29 is 9.47 Å². The van der Waals surface area contributed by atoms with E-state index in [2.05, 4.69) is 37.4 Å². The molecule has 1 heterocycles. The Hall–Kier alpha value is -1.06. The van der Waals surface area contributed by atoms with E-state index in [9.17, 15) is 0 Å². The number of rotatable bonds is 3. The minimum Gasteiger partial charge on any atom is -0.492 e. The molecular formula is C13H19NO2. The molecule has 0 spiro atoms. The van der Waals surface area contributed by atoms with E-state index in [1.807, 2.05) is 0 Å². The molecule has 88 valence electrons. The summed E-state index contributed by atoms with van der Waals surface area (Å²) in [7, 11) is 0. The number of hydrogen-bond donors (Lipinski definition) is 1. The molecule has 0 aromatic heterocycles. The van der Waals surface area contributed by atoms with Gasteiger partial charge in [0.05, 0.1) is 19.3 Å². The fourth-order valence-corrected chi connectivity index (χ4v) is 1.94. The summed E-state index contributed by atoms with van der Waals surface area (Å²) in [4.78, 5) is 0. The summed E-state index contributed by atoms with van der Waals surface area (Å²) in [6.45, 7) is 7.30. The molecule has 3 nitrogen and oxygen atoms in total. The van der Waals surface area contributed by atoms with Gasteiger partial charge >= 0.3 is 0 Å². The van der Waals surface area contributed by atoms with E-state index in [0.29, 0.717) is 12.6 Å². The maximum Gasteiger partial charge on any atom is 0.119 e. The lowest BCUT2D eigenvalue weighted by atomic mass is 10.1. The quantitative estimate of drug-likeness (QED) is 0.842. The van der Waals surface area contributed by atoms with Crippen LogP contribution in [0.4, 0.5) is 0 Å². The lowest BCUT2D eigenvalue weighted by molar-refractivity contribution is 0.0592. The third-order valence-corrected chi connectivity index (χ3v) is 2.64. The third kappa shape index (κ3) is 3.22. The van der Waals surface area contributed by atoms with Crippen molar-refractivity contribution in [3.8, 4) is 5.75 Å². The van der Waals surface area contributed by atoms with Crippen molar-refractivity contribution in [1.29, 1.82) is 0 Å². The smallest absolute Gasteiger partial charge is 0.119 e. The Labute approximate surface area is 96.8 Å². The van der Waals surface area contributed by atoms with Crippen LogP contribution in [0.2, 0.25) is 0 Å². The minimum absolute atomic E-state index is 0.314. The van der Waals surface area contributed by atoms with E-state index in [1.165, 1.54) is 11.1 Å². The molecule has 0 amide bonds. The fraction of sp³-hybridized carbons (Fsp3) is 0.538. The van der Waals surface area contributed by atoms with Crippen LogP contribution in [0.5, 0.6) is 5.75 Å². The second-order valence-electron chi connectivity index (χ2n) is 4.36. The molecule has 2 rings (SSSR count). The summed E-state index contributed by atoms with van der Waals surface area (Å²) in [5.41, 5.74) is 2.48. The van der Waals surface area contributed by atoms with Crippen molar-refractivity contribution in [3.63, 3.8) is 0 Å². The largest absolute Gasteiger partial charge is 0.492 e. The maximum atomic E-state index is 5.76. The number of ether oxygens (including phenoxy) is 2. The zero-order valence-corrected chi connectivity index (χ0v) is 9.95. The first-order chi connectivity index (χ1) is 7.74. The number of morpholine rings is 1. The first kappa shape index (κ1) is 11.4. The van der Waals surface area contributed by atoms with Gasteiger partial charge in [-0.15, -0.1) is 0 Å². The van der Waals surface area contributed by atoms with Crippen molar-refractivity contribution in [2.24, 2.45) is 0 Å². The van der Waals surface area contributed by atoms with Gasteiger partial charge in [-0.05, 0) is 37.1 Å². The summed E-state index contributed by atoms with van der Waals surface area (Å²) in [6, 6.07) is 6.59. The molecular weight excluding hydrogens is 202 g/mol. The highest BCUT2D eigenvalue weighted by Gasteiger charge is 2.13. The molecule has 1 fully saturated rings. The van der Waals surface area contributed by atoms with Crippen LogP contribution in [0.3, 0.4) is 0 Å². The van der Waals surface area contributed by atoms with Crippen molar-refractivity contribution in [2.45, 2.75) is 19.9 Å². The number of aryl methyl sites for hydroxylation is 2. The van der Waals surface area contributed by atoms with Gasteiger partial charge in [0.2, 0.25) is 0 Å². The van der Waals surface area contributed by atoms with Crippen LogP contribution in [-0.2, 0) is 4.74 Å². The van der Waals surface area contributed by atoms with Crippen LogP contribution in [0.25, 0.3) is 0 Å². The lowest BCUT2D eigenvalue weighted by Gasteiger charge is -2.23. The Morgan fingerprint density at radius 1 is 1.31 bits per heavy atom. The van der Waals surface area contributed by atoms with Gasteiger partial charge in [-0.3, -0.25) is 0 Å². The molecule has 0 radical (unpaired) electrons.